The Morgan fingerprint density at radius 1 is 0.844 bits per heavy atom. The lowest BCUT2D eigenvalue weighted by atomic mass is 10.1. The van der Waals surface area contributed by atoms with E-state index in [-0.39, 0.29) is 30.2 Å². The number of rotatable bonds is 7. The smallest absolute Gasteiger partial charge is 0.338 e. The number of esters is 1. The number of hydrogen-bond donors (Lipinski definition) is 0. The molecule has 0 bridgehead atoms. The Bertz CT molecular complexity index is 1170. The minimum Gasteiger partial charge on any atom is -0.497 e. The number of methoxy groups -OCH3 is 1. The van der Waals surface area contributed by atoms with E-state index in [0.717, 1.165) is 22.4 Å². The molecule has 0 saturated heterocycles. The summed E-state index contributed by atoms with van der Waals surface area (Å²) in [6.07, 6.45) is 0.529. The van der Waals surface area contributed by atoms with Gasteiger partial charge < -0.3 is 9.47 Å². The van der Waals surface area contributed by atoms with Crippen molar-refractivity contribution in [3.05, 3.63) is 100 Å². The molecule has 4 rings (SSSR count). The number of benzene rings is 3. The van der Waals surface area contributed by atoms with Crippen molar-refractivity contribution < 1.29 is 23.9 Å². The Balaban J connectivity index is 1.42. The molecule has 0 radical (unpaired) electrons. The highest BCUT2D eigenvalue weighted by Crippen LogP contribution is 2.25. The summed E-state index contributed by atoms with van der Waals surface area (Å²) in [6.45, 7) is 2.38. The summed E-state index contributed by atoms with van der Waals surface area (Å²) in [4.78, 5) is 39.3. The number of carbonyl (C=O) groups is 3. The van der Waals surface area contributed by atoms with E-state index >= 15 is 0 Å². The van der Waals surface area contributed by atoms with Crippen LogP contribution in [0, 0.1) is 6.92 Å². The van der Waals surface area contributed by atoms with Crippen molar-refractivity contribution in [1.29, 1.82) is 0 Å². The molecule has 3 aromatic carbocycles. The number of aryl methyl sites for hydroxylation is 1. The second-order valence-corrected chi connectivity index (χ2v) is 7.68. The van der Waals surface area contributed by atoms with Crippen LogP contribution in [0.1, 0.15) is 47.8 Å². The number of carbonyl (C=O) groups excluding carboxylic acids is 3. The lowest BCUT2D eigenvalue weighted by molar-refractivity contribution is 0.0472. The molecule has 2 amide bonds. The largest absolute Gasteiger partial charge is 0.497 e. The minimum atomic E-state index is -0.537. The fourth-order valence-electron chi connectivity index (χ4n) is 3.57. The molecule has 0 aliphatic carbocycles. The van der Waals surface area contributed by atoms with Gasteiger partial charge in [0.2, 0.25) is 0 Å². The van der Waals surface area contributed by atoms with Crippen LogP contribution in [0.15, 0.2) is 66.7 Å². The maximum absolute atomic E-state index is 12.8. The van der Waals surface area contributed by atoms with Crippen molar-refractivity contribution in [2.75, 3.05) is 13.7 Å². The topological polar surface area (TPSA) is 72.9 Å². The molecule has 3 aromatic rings. The summed E-state index contributed by atoms with van der Waals surface area (Å²) in [6, 6.07) is 19.7. The first kappa shape index (κ1) is 21.3. The van der Waals surface area contributed by atoms with E-state index in [9.17, 15) is 14.4 Å². The molecule has 162 valence electrons. The Morgan fingerprint density at radius 3 is 2.19 bits per heavy atom. The molecule has 1 aliphatic heterocycles. The van der Waals surface area contributed by atoms with Crippen LogP contribution in [0.2, 0.25) is 0 Å². The molecule has 1 heterocycles. The average Bonchev–Trinajstić information content (AvgIpc) is 3.06. The van der Waals surface area contributed by atoms with Crippen LogP contribution in [0.25, 0.3) is 0 Å². The van der Waals surface area contributed by atoms with E-state index in [1.54, 1.807) is 7.11 Å². The monoisotopic (exact) mass is 429 g/mol. The molecule has 0 atom stereocenters. The Labute approximate surface area is 186 Å². The Kier molecular flexibility index (Phi) is 6.03. The quantitative estimate of drug-likeness (QED) is 0.416. The van der Waals surface area contributed by atoms with Gasteiger partial charge in [-0.2, -0.15) is 0 Å². The van der Waals surface area contributed by atoms with Crippen LogP contribution in [0.4, 0.5) is 0 Å². The van der Waals surface area contributed by atoms with E-state index < -0.39 is 11.9 Å². The molecule has 0 unspecified atom stereocenters. The van der Waals surface area contributed by atoms with Gasteiger partial charge in [0, 0.05) is 6.54 Å². The van der Waals surface area contributed by atoms with Gasteiger partial charge in [0.1, 0.15) is 12.4 Å². The summed E-state index contributed by atoms with van der Waals surface area (Å²) in [5, 5.41) is 0. The average molecular weight is 429 g/mol. The number of fused-ring (bicyclic) bond motifs is 1. The lowest BCUT2D eigenvalue weighted by Crippen LogP contribution is -2.31. The molecule has 1 aliphatic rings. The summed E-state index contributed by atoms with van der Waals surface area (Å²) in [5.41, 5.74) is 3.77. The van der Waals surface area contributed by atoms with Crippen LogP contribution in [-0.2, 0) is 17.8 Å². The SMILES string of the molecule is COc1ccc(CCN2C(=O)c3ccc(C(=O)OCc4ccc(C)cc4)cc3C2=O)cc1. The van der Waals surface area contributed by atoms with Gasteiger partial charge in [-0.15, -0.1) is 0 Å². The molecule has 32 heavy (non-hydrogen) atoms. The van der Waals surface area contributed by atoms with Gasteiger partial charge in [-0.1, -0.05) is 42.0 Å². The highest BCUT2D eigenvalue weighted by atomic mass is 16.5. The molecule has 0 saturated carbocycles. The fourth-order valence-corrected chi connectivity index (χ4v) is 3.57. The molecule has 6 nitrogen and oxygen atoms in total. The van der Waals surface area contributed by atoms with Crippen molar-refractivity contribution in [3.8, 4) is 5.75 Å². The summed E-state index contributed by atoms with van der Waals surface area (Å²) in [5.74, 6) is -0.536. The van der Waals surface area contributed by atoms with Gasteiger partial charge in [0.25, 0.3) is 11.8 Å². The van der Waals surface area contributed by atoms with Gasteiger partial charge in [-0.25, -0.2) is 4.79 Å². The summed E-state index contributed by atoms with van der Waals surface area (Å²) < 4.78 is 10.5. The van der Waals surface area contributed by atoms with Crippen molar-refractivity contribution in [1.82, 2.24) is 4.90 Å². The van der Waals surface area contributed by atoms with Gasteiger partial charge in [-0.05, 0) is 54.8 Å². The molecule has 6 heteroatoms. The van der Waals surface area contributed by atoms with Crippen molar-refractivity contribution in [3.63, 3.8) is 0 Å². The third-order valence-electron chi connectivity index (χ3n) is 5.48. The molecular weight excluding hydrogens is 406 g/mol. The lowest BCUT2D eigenvalue weighted by Gasteiger charge is -2.13. The predicted octanol–water partition coefficient (Wildman–Crippen LogP) is 4.20. The number of amides is 2. The highest BCUT2D eigenvalue weighted by molar-refractivity contribution is 6.22. The first-order chi connectivity index (χ1) is 15.5. The minimum absolute atomic E-state index is 0.136. The first-order valence-electron chi connectivity index (χ1n) is 10.3. The molecule has 0 aromatic heterocycles. The zero-order valence-electron chi connectivity index (χ0n) is 18.0. The van der Waals surface area contributed by atoms with Crippen LogP contribution in [0.5, 0.6) is 5.75 Å². The van der Waals surface area contributed by atoms with E-state index in [1.165, 1.54) is 23.1 Å². The van der Waals surface area contributed by atoms with Crippen LogP contribution >= 0.6 is 0 Å². The second kappa shape index (κ2) is 9.06. The van der Waals surface area contributed by atoms with E-state index in [4.69, 9.17) is 9.47 Å². The number of hydrogen-bond acceptors (Lipinski definition) is 5. The van der Waals surface area contributed by atoms with Crippen molar-refractivity contribution >= 4 is 17.8 Å². The fraction of sp³-hybridized carbons (Fsp3) is 0.192. The van der Waals surface area contributed by atoms with Crippen LogP contribution in [0.3, 0.4) is 0 Å². The summed E-state index contributed by atoms with van der Waals surface area (Å²) in [7, 11) is 1.60. The van der Waals surface area contributed by atoms with Gasteiger partial charge in [0.15, 0.2) is 0 Å². The van der Waals surface area contributed by atoms with Gasteiger partial charge >= 0.3 is 5.97 Å². The third kappa shape index (κ3) is 4.39. The number of imide groups is 1. The molecule has 0 N–H and O–H groups in total. The first-order valence-corrected chi connectivity index (χ1v) is 10.3. The Morgan fingerprint density at radius 2 is 1.50 bits per heavy atom. The Hall–Kier alpha value is -3.93. The van der Waals surface area contributed by atoms with Crippen LogP contribution < -0.4 is 4.74 Å². The second-order valence-electron chi connectivity index (χ2n) is 7.68. The molecule has 0 fully saturated rings. The van der Waals surface area contributed by atoms with E-state index in [2.05, 4.69) is 0 Å². The number of ether oxygens (including phenoxy) is 2. The maximum atomic E-state index is 12.8. The van der Waals surface area contributed by atoms with E-state index in [0.29, 0.717) is 12.0 Å². The standard InChI is InChI=1S/C26H23NO5/c1-17-3-5-19(6-4-17)16-32-26(30)20-9-12-22-23(15-20)25(29)27(24(22)28)14-13-18-7-10-21(31-2)11-8-18/h3-12,15H,13-14,16H2,1-2H3. The summed E-state index contributed by atoms with van der Waals surface area (Å²) >= 11 is 0. The highest BCUT2D eigenvalue weighted by Gasteiger charge is 2.35. The van der Waals surface area contributed by atoms with Gasteiger partial charge in [-0.3, -0.25) is 14.5 Å². The van der Waals surface area contributed by atoms with Crippen LogP contribution in [-0.4, -0.2) is 36.3 Å². The third-order valence-corrected chi connectivity index (χ3v) is 5.48. The maximum Gasteiger partial charge on any atom is 0.338 e. The number of nitrogens with zero attached hydrogens (tertiary/aromatic N) is 1. The van der Waals surface area contributed by atoms with Crippen molar-refractivity contribution in [2.45, 2.75) is 20.0 Å². The normalized spacial score (nSPS) is 12.6. The predicted molar refractivity (Wildman–Crippen MR) is 119 cm³/mol. The van der Waals surface area contributed by atoms with Crippen molar-refractivity contribution in [2.24, 2.45) is 0 Å². The van der Waals surface area contributed by atoms with Gasteiger partial charge in [0.05, 0.1) is 23.8 Å². The molecular formula is C26H23NO5. The molecule has 0 spiro atoms. The zero-order chi connectivity index (χ0) is 22.7. The zero-order valence-corrected chi connectivity index (χ0v) is 18.0. The van der Waals surface area contributed by atoms with E-state index in [1.807, 2.05) is 55.5 Å².